The summed E-state index contributed by atoms with van der Waals surface area (Å²) in [6.45, 7) is 0. The number of carbonyl (C=O) groups excluding carboxylic acids is 1. The van der Waals surface area contributed by atoms with E-state index >= 15 is 0 Å². The molecule has 1 aromatic carbocycles. The van der Waals surface area contributed by atoms with Crippen molar-refractivity contribution in [2.24, 2.45) is 0 Å². The molecule has 0 bridgehead atoms. The lowest BCUT2D eigenvalue weighted by atomic mass is 10.1. The van der Waals surface area contributed by atoms with E-state index in [2.05, 4.69) is 0 Å². The maximum absolute atomic E-state index is 12.3. The minimum atomic E-state index is -3.00. The van der Waals surface area contributed by atoms with Crippen molar-refractivity contribution >= 4 is 15.7 Å². The van der Waals surface area contributed by atoms with E-state index in [-0.39, 0.29) is 29.9 Å². The molecular weight excluding hydrogens is 306 g/mol. The molecule has 7 heteroatoms. The fourth-order valence-electron chi connectivity index (χ4n) is 2.57. The van der Waals surface area contributed by atoms with E-state index in [9.17, 15) is 13.2 Å². The van der Waals surface area contributed by atoms with Gasteiger partial charge in [-0.25, -0.2) is 8.42 Å². The summed E-state index contributed by atoms with van der Waals surface area (Å²) in [6, 6.07) is 5.09. The summed E-state index contributed by atoms with van der Waals surface area (Å²) >= 11 is 0. The summed E-state index contributed by atoms with van der Waals surface area (Å²) in [6.07, 6.45) is 0.712. The van der Waals surface area contributed by atoms with E-state index in [4.69, 9.17) is 9.47 Å². The molecule has 0 radical (unpaired) electrons. The molecule has 0 unspecified atom stereocenters. The third-order valence-corrected chi connectivity index (χ3v) is 5.70. The van der Waals surface area contributed by atoms with Crippen LogP contribution < -0.4 is 9.47 Å². The smallest absolute Gasteiger partial charge is 0.227 e. The molecule has 1 heterocycles. The van der Waals surface area contributed by atoms with Crippen LogP contribution in [0.5, 0.6) is 11.5 Å². The van der Waals surface area contributed by atoms with Gasteiger partial charge in [0.05, 0.1) is 32.1 Å². The van der Waals surface area contributed by atoms with Gasteiger partial charge in [-0.15, -0.1) is 0 Å². The van der Waals surface area contributed by atoms with Gasteiger partial charge in [0.15, 0.2) is 21.3 Å². The van der Waals surface area contributed by atoms with Crippen molar-refractivity contribution in [3.63, 3.8) is 0 Å². The lowest BCUT2D eigenvalue weighted by Crippen LogP contribution is -2.38. The third kappa shape index (κ3) is 3.71. The van der Waals surface area contributed by atoms with Crippen LogP contribution in [0.2, 0.25) is 0 Å². The van der Waals surface area contributed by atoms with E-state index in [0.717, 1.165) is 5.56 Å². The number of hydrogen-bond acceptors (Lipinski definition) is 5. The lowest BCUT2D eigenvalue weighted by molar-refractivity contribution is -0.130. The second kappa shape index (κ2) is 6.56. The van der Waals surface area contributed by atoms with Crippen molar-refractivity contribution in [1.82, 2.24) is 4.90 Å². The highest BCUT2D eigenvalue weighted by molar-refractivity contribution is 7.91. The number of nitrogens with zero attached hydrogens (tertiary/aromatic N) is 1. The van der Waals surface area contributed by atoms with Gasteiger partial charge in [0.1, 0.15) is 0 Å². The molecular formula is C15H21NO5S. The largest absolute Gasteiger partial charge is 0.493 e. The predicted octanol–water partition coefficient (Wildman–Crippen LogP) is 0.892. The lowest BCUT2D eigenvalue weighted by Gasteiger charge is -2.23. The summed E-state index contributed by atoms with van der Waals surface area (Å²) < 4.78 is 33.4. The zero-order chi connectivity index (χ0) is 16.3. The zero-order valence-corrected chi connectivity index (χ0v) is 13.9. The molecule has 0 N–H and O–H groups in total. The average molecular weight is 327 g/mol. The SMILES string of the molecule is COc1ccc(CC(=O)N(C)[C@H]2CCS(=O)(=O)C2)cc1OC. The van der Waals surface area contributed by atoms with E-state index in [0.29, 0.717) is 17.9 Å². The van der Waals surface area contributed by atoms with E-state index < -0.39 is 9.84 Å². The highest BCUT2D eigenvalue weighted by atomic mass is 32.2. The normalized spacial score (nSPS) is 19.7. The third-order valence-electron chi connectivity index (χ3n) is 3.95. The first-order chi connectivity index (χ1) is 10.4. The van der Waals surface area contributed by atoms with Crippen LogP contribution in [0.4, 0.5) is 0 Å². The molecule has 0 saturated carbocycles. The van der Waals surface area contributed by atoms with Gasteiger partial charge in [0.25, 0.3) is 0 Å². The van der Waals surface area contributed by atoms with Crippen molar-refractivity contribution in [2.45, 2.75) is 18.9 Å². The maximum Gasteiger partial charge on any atom is 0.227 e. The molecule has 1 amide bonds. The van der Waals surface area contributed by atoms with Crippen LogP contribution >= 0.6 is 0 Å². The van der Waals surface area contributed by atoms with Gasteiger partial charge >= 0.3 is 0 Å². The van der Waals surface area contributed by atoms with Crippen LogP contribution in [0, 0.1) is 0 Å². The summed E-state index contributed by atoms with van der Waals surface area (Å²) in [5.41, 5.74) is 0.801. The summed E-state index contributed by atoms with van der Waals surface area (Å²) in [5, 5.41) is 0. The molecule has 1 saturated heterocycles. The molecule has 1 aliphatic heterocycles. The van der Waals surface area contributed by atoms with Crippen LogP contribution in [-0.2, 0) is 21.1 Å². The standard InChI is InChI=1S/C15H21NO5S/c1-16(12-6-7-22(18,19)10-12)15(17)9-11-4-5-13(20-2)14(8-11)21-3/h4-5,8,12H,6-7,9-10H2,1-3H3/t12-/m0/s1. The Kier molecular flexibility index (Phi) is 4.95. The van der Waals surface area contributed by atoms with Gasteiger partial charge in [-0.1, -0.05) is 6.07 Å². The number of sulfone groups is 1. The number of rotatable bonds is 5. The van der Waals surface area contributed by atoms with Crippen LogP contribution in [0.3, 0.4) is 0 Å². The van der Waals surface area contributed by atoms with Gasteiger partial charge in [0.2, 0.25) is 5.91 Å². The number of amides is 1. The molecule has 1 fully saturated rings. The number of hydrogen-bond donors (Lipinski definition) is 0. The van der Waals surface area contributed by atoms with Crippen LogP contribution in [0.25, 0.3) is 0 Å². The Balaban J connectivity index is 2.05. The van der Waals surface area contributed by atoms with Crippen molar-refractivity contribution < 1.29 is 22.7 Å². The van der Waals surface area contributed by atoms with Gasteiger partial charge in [-0.3, -0.25) is 4.79 Å². The number of carbonyl (C=O) groups is 1. The molecule has 122 valence electrons. The summed E-state index contributed by atoms with van der Waals surface area (Å²) in [5.74, 6) is 1.29. The molecule has 1 aliphatic rings. The molecule has 1 aromatic rings. The highest BCUT2D eigenvalue weighted by Crippen LogP contribution is 2.28. The topological polar surface area (TPSA) is 72.9 Å². The minimum absolute atomic E-state index is 0.0567. The van der Waals surface area contributed by atoms with Crippen molar-refractivity contribution in [3.8, 4) is 11.5 Å². The fourth-order valence-corrected chi connectivity index (χ4v) is 4.35. The highest BCUT2D eigenvalue weighted by Gasteiger charge is 2.32. The van der Waals surface area contributed by atoms with Crippen LogP contribution in [-0.4, -0.2) is 58.0 Å². The predicted molar refractivity (Wildman–Crippen MR) is 83.1 cm³/mol. The molecule has 0 aromatic heterocycles. The number of ether oxygens (including phenoxy) is 2. The Morgan fingerprint density at radius 3 is 2.50 bits per heavy atom. The first-order valence-corrected chi connectivity index (χ1v) is 8.85. The minimum Gasteiger partial charge on any atom is -0.493 e. The Hall–Kier alpha value is -1.76. The summed E-state index contributed by atoms with van der Waals surface area (Å²) in [7, 11) is 1.76. The second-order valence-corrected chi connectivity index (χ2v) is 7.66. The first-order valence-electron chi connectivity index (χ1n) is 7.03. The first kappa shape index (κ1) is 16.6. The Labute approximate surface area is 130 Å². The summed E-state index contributed by atoms with van der Waals surface area (Å²) in [4.78, 5) is 13.9. The molecule has 0 aliphatic carbocycles. The zero-order valence-electron chi connectivity index (χ0n) is 13.0. The Morgan fingerprint density at radius 2 is 1.95 bits per heavy atom. The van der Waals surface area contributed by atoms with Crippen molar-refractivity contribution in [2.75, 3.05) is 32.8 Å². The van der Waals surface area contributed by atoms with Gasteiger partial charge in [-0.05, 0) is 24.1 Å². The number of benzene rings is 1. The molecule has 0 spiro atoms. The average Bonchev–Trinajstić information content (AvgIpc) is 2.86. The van der Waals surface area contributed by atoms with E-state index in [1.807, 2.05) is 0 Å². The monoisotopic (exact) mass is 327 g/mol. The quantitative estimate of drug-likeness (QED) is 0.803. The second-order valence-electron chi connectivity index (χ2n) is 5.43. The molecule has 6 nitrogen and oxygen atoms in total. The number of methoxy groups -OCH3 is 2. The Bertz CT molecular complexity index is 656. The van der Waals surface area contributed by atoms with E-state index in [1.165, 1.54) is 0 Å². The fraction of sp³-hybridized carbons (Fsp3) is 0.533. The Morgan fingerprint density at radius 1 is 1.27 bits per heavy atom. The van der Waals surface area contributed by atoms with E-state index in [1.54, 1.807) is 44.4 Å². The molecule has 22 heavy (non-hydrogen) atoms. The molecule has 2 rings (SSSR count). The van der Waals surface area contributed by atoms with Crippen molar-refractivity contribution in [3.05, 3.63) is 23.8 Å². The van der Waals surface area contributed by atoms with Gasteiger partial charge in [0, 0.05) is 13.1 Å². The number of likely N-dealkylation sites (N-methyl/N-ethyl adjacent to an activating group) is 1. The maximum atomic E-state index is 12.3. The van der Waals surface area contributed by atoms with Gasteiger partial charge < -0.3 is 14.4 Å². The van der Waals surface area contributed by atoms with Gasteiger partial charge in [-0.2, -0.15) is 0 Å². The molecule has 1 atom stereocenters. The van der Waals surface area contributed by atoms with Crippen LogP contribution in [0.1, 0.15) is 12.0 Å². The van der Waals surface area contributed by atoms with Crippen molar-refractivity contribution in [1.29, 1.82) is 0 Å². The van der Waals surface area contributed by atoms with Crippen LogP contribution in [0.15, 0.2) is 18.2 Å².